The molecule has 33 heavy (non-hydrogen) atoms. The van der Waals surface area contributed by atoms with Gasteiger partial charge in [0.15, 0.2) is 5.13 Å². The number of nitrogens with zero attached hydrogens (tertiary/aromatic N) is 2. The van der Waals surface area contributed by atoms with Gasteiger partial charge in [0.05, 0.1) is 10.9 Å². The van der Waals surface area contributed by atoms with Crippen LogP contribution in [0.3, 0.4) is 0 Å². The van der Waals surface area contributed by atoms with Crippen molar-refractivity contribution in [1.82, 2.24) is 15.2 Å². The Labute approximate surface area is 195 Å². The van der Waals surface area contributed by atoms with Crippen molar-refractivity contribution >= 4 is 28.3 Å². The molecule has 5 rings (SSSR count). The van der Waals surface area contributed by atoms with Gasteiger partial charge in [-0.3, -0.25) is 9.59 Å². The van der Waals surface area contributed by atoms with Gasteiger partial charge in [-0.25, -0.2) is 9.37 Å². The molecule has 0 radical (unpaired) electrons. The van der Waals surface area contributed by atoms with E-state index in [0.717, 1.165) is 24.0 Å². The average molecular weight is 465 g/mol. The second kappa shape index (κ2) is 8.26. The molecule has 0 unspecified atom stereocenters. The Balaban J connectivity index is 1.36. The number of benzene rings is 2. The number of nitrogen functional groups attached to an aromatic ring is 1. The number of anilines is 1. The van der Waals surface area contributed by atoms with Crippen LogP contribution in [0.15, 0.2) is 42.5 Å². The lowest BCUT2D eigenvalue weighted by Crippen LogP contribution is -2.45. The minimum Gasteiger partial charge on any atom is -0.375 e. The molecule has 0 spiro atoms. The van der Waals surface area contributed by atoms with Crippen molar-refractivity contribution in [3.63, 3.8) is 0 Å². The summed E-state index contributed by atoms with van der Waals surface area (Å²) in [6.07, 6.45) is 1.81. The van der Waals surface area contributed by atoms with Gasteiger partial charge in [0, 0.05) is 18.2 Å². The molecule has 0 bridgehead atoms. The summed E-state index contributed by atoms with van der Waals surface area (Å²) < 4.78 is 13.8. The van der Waals surface area contributed by atoms with E-state index in [2.05, 4.69) is 10.3 Å². The average Bonchev–Trinajstić information content (AvgIpc) is 3.27. The van der Waals surface area contributed by atoms with E-state index in [4.69, 9.17) is 5.73 Å². The van der Waals surface area contributed by atoms with Gasteiger partial charge in [-0.1, -0.05) is 35.6 Å². The van der Waals surface area contributed by atoms with Crippen LogP contribution in [0.2, 0.25) is 0 Å². The highest BCUT2D eigenvalue weighted by molar-refractivity contribution is 7.19. The van der Waals surface area contributed by atoms with Gasteiger partial charge in [-0.05, 0) is 67.5 Å². The number of aromatic nitrogens is 1. The number of carbonyl (C=O) groups is 2. The number of nitrogens with one attached hydrogen (secondary N) is 1. The van der Waals surface area contributed by atoms with Crippen LogP contribution in [0.25, 0.3) is 10.4 Å². The van der Waals surface area contributed by atoms with Crippen molar-refractivity contribution < 1.29 is 14.0 Å². The number of amides is 2. The standard InChI is InChI=1S/C25H25FN4O2S/c1-13-5-3-8-19(14(13)2)23(31)28-12-18-10-16-11-20(16)30(18)24(32)21-22(33-25(27)29-21)15-6-4-7-17(26)9-15/h3-9,16,18,20H,10-12H2,1-2H3,(H2,27,29)(H,28,31)/t16-,18+,20+/m1/s1. The Bertz CT molecular complexity index is 1260. The third-order valence-corrected chi connectivity index (χ3v) is 7.66. The minimum absolute atomic E-state index is 0.112. The largest absolute Gasteiger partial charge is 0.375 e. The molecule has 1 aliphatic heterocycles. The van der Waals surface area contributed by atoms with Crippen molar-refractivity contribution in [3.8, 4) is 10.4 Å². The maximum absolute atomic E-state index is 13.8. The first-order valence-corrected chi connectivity index (χ1v) is 11.8. The topological polar surface area (TPSA) is 88.3 Å². The quantitative estimate of drug-likeness (QED) is 0.593. The SMILES string of the molecule is Cc1cccc(C(=O)NC[C@@H]2C[C@@H]3C[C@@H]3N2C(=O)c2nc(N)sc2-c2cccc(F)c2)c1C. The third-order valence-electron chi connectivity index (χ3n) is 6.73. The molecule has 3 atom stereocenters. The van der Waals surface area contributed by atoms with Gasteiger partial charge < -0.3 is 16.0 Å². The van der Waals surface area contributed by atoms with Crippen molar-refractivity contribution in [2.45, 2.75) is 38.8 Å². The van der Waals surface area contributed by atoms with Gasteiger partial charge in [0.25, 0.3) is 11.8 Å². The van der Waals surface area contributed by atoms with Crippen molar-refractivity contribution in [2.75, 3.05) is 12.3 Å². The van der Waals surface area contributed by atoms with Crippen LogP contribution in [-0.2, 0) is 0 Å². The van der Waals surface area contributed by atoms with Crippen LogP contribution in [0, 0.1) is 25.6 Å². The zero-order valence-electron chi connectivity index (χ0n) is 18.5. The zero-order valence-corrected chi connectivity index (χ0v) is 19.3. The molecule has 2 heterocycles. The van der Waals surface area contributed by atoms with Gasteiger partial charge in [-0.15, -0.1) is 0 Å². The van der Waals surface area contributed by atoms with Crippen LogP contribution >= 0.6 is 11.3 Å². The molecule has 1 saturated heterocycles. The number of fused-ring (bicyclic) bond motifs is 1. The zero-order chi connectivity index (χ0) is 23.3. The molecule has 3 aromatic rings. The van der Waals surface area contributed by atoms with E-state index in [1.54, 1.807) is 12.1 Å². The lowest BCUT2D eigenvalue weighted by Gasteiger charge is -2.27. The van der Waals surface area contributed by atoms with Crippen LogP contribution < -0.4 is 11.1 Å². The number of hydrogen-bond acceptors (Lipinski definition) is 5. The number of halogens is 1. The molecule has 2 aromatic carbocycles. The molecule has 3 N–H and O–H groups in total. The van der Waals surface area contributed by atoms with Crippen molar-refractivity contribution in [2.24, 2.45) is 5.92 Å². The first kappa shape index (κ1) is 21.6. The van der Waals surface area contributed by atoms with Gasteiger partial charge in [0.2, 0.25) is 0 Å². The maximum Gasteiger partial charge on any atom is 0.274 e. The Hall–Kier alpha value is -3.26. The van der Waals surface area contributed by atoms with Crippen LogP contribution in [0.4, 0.5) is 9.52 Å². The predicted octanol–water partition coefficient (Wildman–Crippen LogP) is 4.18. The molecular formula is C25H25FN4O2S. The number of hydrogen-bond donors (Lipinski definition) is 2. The molecule has 2 aliphatic rings. The normalized spacial score (nSPS) is 21.1. The first-order valence-electron chi connectivity index (χ1n) is 11.0. The Morgan fingerprint density at radius 1 is 1.21 bits per heavy atom. The highest BCUT2D eigenvalue weighted by Crippen LogP contribution is 2.49. The molecule has 2 amide bonds. The number of thiazole rings is 1. The van der Waals surface area contributed by atoms with E-state index in [0.29, 0.717) is 28.5 Å². The molecule has 1 aromatic heterocycles. The fraction of sp³-hybridized carbons (Fsp3) is 0.320. The lowest BCUT2D eigenvalue weighted by atomic mass is 10.0. The maximum atomic E-state index is 13.8. The highest BCUT2D eigenvalue weighted by atomic mass is 32.1. The molecular weight excluding hydrogens is 439 g/mol. The van der Waals surface area contributed by atoms with Gasteiger partial charge >= 0.3 is 0 Å². The highest BCUT2D eigenvalue weighted by Gasteiger charge is 2.54. The predicted molar refractivity (Wildman–Crippen MR) is 127 cm³/mol. The van der Waals surface area contributed by atoms with E-state index in [9.17, 15) is 14.0 Å². The molecule has 1 aliphatic carbocycles. The van der Waals surface area contributed by atoms with Crippen LogP contribution in [0.1, 0.15) is 44.8 Å². The van der Waals surface area contributed by atoms with Crippen molar-refractivity contribution in [3.05, 3.63) is 70.7 Å². The summed E-state index contributed by atoms with van der Waals surface area (Å²) in [4.78, 5) is 33.1. The number of piperidine rings is 1. The monoisotopic (exact) mass is 464 g/mol. The lowest BCUT2D eigenvalue weighted by molar-refractivity contribution is 0.0684. The van der Waals surface area contributed by atoms with E-state index in [-0.39, 0.29) is 40.5 Å². The summed E-state index contributed by atoms with van der Waals surface area (Å²) >= 11 is 1.18. The molecule has 8 heteroatoms. The Kier molecular flexibility index (Phi) is 5.40. The summed E-state index contributed by atoms with van der Waals surface area (Å²) in [6, 6.07) is 11.8. The number of likely N-dealkylation sites (tertiary alicyclic amines) is 1. The van der Waals surface area contributed by atoms with E-state index in [1.165, 1.54) is 23.5 Å². The van der Waals surface area contributed by atoms with Crippen LogP contribution in [0.5, 0.6) is 0 Å². The molecule has 1 saturated carbocycles. The Morgan fingerprint density at radius 2 is 2.00 bits per heavy atom. The fourth-order valence-electron chi connectivity index (χ4n) is 4.79. The molecule has 170 valence electrons. The molecule has 2 fully saturated rings. The Morgan fingerprint density at radius 3 is 2.79 bits per heavy atom. The second-order valence-electron chi connectivity index (χ2n) is 8.86. The van der Waals surface area contributed by atoms with E-state index >= 15 is 0 Å². The van der Waals surface area contributed by atoms with Crippen LogP contribution in [-0.4, -0.2) is 40.3 Å². The number of carbonyl (C=O) groups excluding carboxylic acids is 2. The first-order chi connectivity index (χ1) is 15.8. The number of nitrogens with two attached hydrogens (primary N) is 1. The smallest absolute Gasteiger partial charge is 0.274 e. The minimum atomic E-state index is -0.381. The summed E-state index contributed by atoms with van der Waals surface area (Å²) in [5.41, 5.74) is 9.45. The fourth-order valence-corrected chi connectivity index (χ4v) is 5.61. The summed E-state index contributed by atoms with van der Waals surface area (Å²) in [6.45, 7) is 4.29. The van der Waals surface area contributed by atoms with Crippen molar-refractivity contribution in [1.29, 1.82) is 0 Å². The van der Waals surface area contributed by atoms with E-state index < -0.39 is 0 Å². The summed E-state index contributed by atoms with van der Waals surface area (Å²) in [7, 11) is 0. The summed E-state index contributed by atoms with van der Waals surface area (Å²) in [5, 5.41) is 3.29. The number of aryl methyl sites for hydroxylation is 1. The summed E-state index contributed by atoms with van der Waals surface area (Å²) in [5.74, 6) is -0.279. The van der Waals surface area contributed by atoms with Gasteiger partial charge in [-0.2, -0.15) is 0 Å². The third kappa shape index (κ3) is 3.99. The number of rotatable bonds is 5. The van der Waals surface area contributed by atoms with E-state index in [1.807, 2.05) is 36.9 Å². The second-order valence-corrected chi connectivity index (χ2v) is 9.89. The molecule has 6 nitrogen and oxygen atoms in total. The van der Waals surface area contributed by atoms with Gasteiger partial charge in [0.1, 0.15) is 11.5 Å².